The number of nitrogens with zero attached hydrogens (tertiary/aromatic N) is 7. The highest BCUT2D eigenvalue weighted by molar-refractivity contribution is 5.87. The normalized spacial score (nSPS) is 12.4. The van der Waals surface area contributed by atoms with Gasteiger partial charge in [-0.15, -0.1) is 0 Å². The molecule has 0 aliphatic rings. The van der Waals surface area contributed by atoms with Crippen molar-refractivity contribution in [1.29, 1.82) is 0 Å². The number of anilines is 1. The van der Waals surface area contributed by atoms with Gasteiger partial charge in [-0.05, 0) is 70.0 Å². The van der Waals surface area contributed by atoms with Crippen LogP contribution in [0.4, 0.5) is 5.95 Å². The van der Waals surface area contributed by atoms with Crippen LogP contribution in [0.1, 0.15) is 40.2 Å². The average Bonchev–Trinajstić information content (AvgIpc) is 3.46. The Balaban J connectivity index is 1.79. The first-order valence-electron chi connectivity index (χ1n) is 11.4. The number of aliphatic hydroxyl groups is 1. The van der Waals surface area contributed by atoms with Crippen LogP contribution < -0.4 is 5.73 Å². The molecule has 3 aromatic heterocycles. The van der Waals surface area contributed by atoms with E-state index in [9.17, 15) is 5.11 Å². The van der Waals surface area contributed by atoms with E-state index in [0.717, 1.165) is 44.8 Å². The van der Waals surface area contributed by atoms with E-state index in [1.54, 1.807) is 37.3 Å². The summed E-state index contributed by atoms with van der Waals surface area (Å²) < 4.78 is 3.93. The second-order valence-corrected chi connectivity index (χ2v) is 10.1. The number of rotatable bonds is 4. The number of hydrogen-bond donors (Lipinski definition) is 2. The molecule has 2 aromatic carbocycles. The maximum atomic E-state index is 10.7. The predicted octanol–water partition coefficient (Wildman–Crippen LogP) is 4.31. The average molecular weight is 469 g/mol. The lowest BCUT2D eigenvalue weighted by atomic mass is 9.95. The fourth-order valence-corrected chi connectivity index (χ4v) is 4.23. The van der Waals surface area contributed by atoms with Crippen molar-refractivity contribution >= 4 is 17.0 Å². The van der Waals surface area contributed by atoms with Gasteiger partial charge in [0.2, 0.25) is 5.95 Å². The van der Waals surface area contributed by atoms with E-state index in [1.165, 1.54) is 6.33 Å². The van der Waals surface area contributed by atoms with E-state index >= 15 is 0 Å². The third kappa shape index (κ3) is 4.15. The molecule has 0 aliphatic carbocycles. The van der Waals surface area contributed by atoms with Gasteiger partial charge in [-0.1, -0.05) is 12.1 Å². The molecule has 9 heteroatoms. The number of hydrogen-bond acceptors (Lipinski definition) is 7. The van der Waals surface area contributed by atoms with Crippen LogP contribution >= 0.6 is 0 Å². The topological polar surface area (TPSA) is 121 Å². The Hall–Kier alpha value is -4.11. The smallest absolute Gasteiger partial charge is 0.219 e. The molecule has 0 radical (unpaired) electrons. The second kappa shape index (κ2) is 7.99. The maximum Gasteiger partial charge on any atom is 0.219 e. The van der Waals surface area contributed by atoms with Gasteiger partial charge in [0.15, 0.2) is 0 Å². The minimum Gasteiger partial charge on any atom is -0.386 e. The van der Waals surface area contributed by atoms with Gasteiger partial charge < -0.3 is 15.4 Å². The van der Waals surface area contributed by atoms with Gasteiger partial charge >= 0.3 is 0 Å². The van der Waals surface area contributed by atoms with E-state index in [1.807, 2.05) is 30.3 Å². The first-order valence-corrected chi connectivity index (χ1v) is 11.4. The SMILES string of the molecule is CC(C)(O)c1ccc(-n2cncn2)c(-c2nc3cc(-c4cnc(N)nc4)ccc3n2C(C)(C)C)c1. The Morgan fingerprint density at radius 3 is 2.29 bits per heavy atom. The Morgan fingerprint density at radius 2 is 1.66 bits per heavy atom. The molecule has 0 saturated heterocycles. The third-order valence-electron chi connectivity index (χ3n) is 5.94. The summed E-state index contributed by atoms with van der Waals surface area (Å²) in [5.74, 6) is 1.01. The predicted molar refractivity (Wildman–Crippen MR) is 136 cm³/mol. The van der Waals surface area contributed by atoms with Gasteiger partial charge in [-0.3, -0.25) is 0 Å². The van der Waals surface area contributed by atoms with Gasteiger partial charge in [0.05, 0.1) is 22.3 Å². The lowest BCUT2D eigenvalue weighted by Gasteiger charge is -2.26. The molecular formula is C26H28N8O. The number of imidazole rings is 1. The zero-order valence-electron chi connectivity index (χ0n) is 20.4. The number of aromatic nitrogens is 7. The van der Waals surface area contributed by atoms with Crippen molar-refractivity contribution in [3.8, 4) is 28.2 Å². The molecule has 0 spiro atoms. The molecule has 0 bridgehead atoms. The summed E-state index contributed by atoms with van der Waals surface area (Å²) >= 11 is 0. The largest absolute Gasteiger partial charge is 0.386 e. The Bertz CT molecular complexity index is 1500. The Morgan fingerprint density at radius 1 is 0.914 bits per heavy atom. The van der Waals surface area contributed by atoms with Crippen molar-refractivity contribution in [3.63, 3.8) is 0 Å². The van der Waals surface area contributed by atoms with Crippen molar-refractivity contribution in [2.24, 2.45) is 0 Å². The third-order valence-corrected chi connectivity index (χ3v) is 5.94. The molecule has 0 amide bonds. The van der Waals surface area contributed by atoms with Crippen LogP contribution in [0.2, 0.25) is 0 Å². The number of nitrogen functional groups attached to an aromatic ring is 1. The number of nitrogens with two attached hydrogens (primary N) is 1. The fourth-order valence-electron chi connectivity index (χ4n) is 4.23. The van der Waals surface area contributed by atoms with E-state index in [4.69, 9.17) is 10.7 Å². The maximum absolute atomic E-state index is 10.7. The van der Waals surface area contributed by atoms with Crippen LogP contribution in [-0.4, -0.2) is 39.4 Å². The molecule has 0 unspecified atom stereocenters. The van der Waals surface area contributed by atoms with Crippen molar-refractivity contribution in [3.05, 3.63) is 67.0 Å². The fraction of sp³-hybridized carbons (Fsp3) is 0.269. The summed E-state index contributed by atoms with van der Waals surface area (Å²) in [7, 11) is 0. The van der Waals surface area contributed by atoms with Crippen molar-refractivity contribution in [2.75, 3.05) is 5.73 Å². The molecule has 0 aliphatic heterocycles. The van der Waals surface area contributed by atoms with Gasteiger partial charge in [0, 0.05) is 29.1 Å². The summed E-state index contributed by atoms with van der Waals surface area (Å²) in [5.41, 5.74) is 10.5. The highest BCUT2D eigenvalue weighted by atomic mass is 16.3. The monoisotopic (exact) mass is 468 g/mol. The Labute approximate surface area is 203 Å². The lowest BCUT2D eigenvalue weighted by Crippen LogP contribution is -2.23. The molecule has 5 aromatic rings. The highest BCUT2D eigenvalue weighted by Gasteiger charge is 2.26. The minimum atomic E-state index is -1.02. The van der Waals surface area contributed by atoms with Crippen molar-refractivity contribution in [1.82, 2.24) is 34.3 Å². The molecule has 178 valence electrons. The van der Waals surface area contributed by atoms with E-state index in [-0.39, 0.29) is 11.5 Å². The van der Waals surface area contributed by atoms with Gasteiger partial charge in [0.1, 0.15) is 18.5 Å². The minimum absolute atomic E-state index is 0.237. The van der Waals surface area contributed by atoms with E-state index in [0.29, 0.717) is 0 Å². The molecule has 9 nitrogen and oxygen atoms in total. The summed E-state index contributed by atoms with van der Waals surface area (Å²) in [5, 5.41) is 15.1. The summed E-state index contributed by atoms with van der Waals surface area (Å²) in [6, 6.07) is 12.0. The summed E-state index contributed by atoms with van der Waals surface area (Å²) in [6.07, 6.45) is 6.58. The number of fused-ring (bicyclic) bond motifs is 1. The van der Waals surface area contributed by atoms with Crippen LogP contribution in [0.15, 0.2) is 61.4 Å². The molecule has 3 heterocycles. The van der Waals surface area contributed by atoms with Crippen LogP contribution in [0, 0.1) is 0 Å². The molecule has 0 saturated carbocycles. The molecular weight excluding hydrogens is 440 g/mol. The first-order chi connectivity index (χ1) is 16.5. The van der Waals surface area contributed by atoms with Crippen molar-refractivity contribution in [2.45, 2.75) is 45.8 Å². The standard InChI is InChI=1S/C26H28N8O/c1-25(2,3)34-22-8-6-16(17-12-29-24(27)30-13-17)10-20(22)32-23(34)19-11-18(26(4,5)35)7-9-21(19)33-15-28-14-31-33/h6-15,35H,1-5H3,(H2,27,29,30). The van der Waals surface area contributed by atoms with Gasteiger partial charge in [-0.2, -0.15) is 5.10 Å². The van der Waals surface area contributed by atoms with Crippen LogP contribution in [-0.2, 0) is 11.1 Å². The molecule has 0 fully saturated rings. The van der Waals surface area contributed by atoms with Gasteiger partial charge in [0.25, 0.3) is 0 Å². The number of benzene rings is 2. The van der Waals surface area contributed by atoms with E-state index in [2.05, 4.69) is 51.5 Å². The van der Waals surface area contributed by atoms with Crippen LogP contribution in [0.3, 0.4) is 0 Å². The second-order valence-electron chi connectivity index (χ2n) is 10.1. The van der Waals surface area contributed by atoms with Crippen LogP contribution in [0.25, 0.3) is 39.2 Å². The van der Waals surface area contributed by atoms with Crippen LogP contribution in [0.5, 0.6) is 0 Å². The highest BCUT2D eigenvalue weighted by Crippen LogP contribution is 2.37. The molecule has 3 N–H and O–H groups in total. The zero-order valence-corrected chi connectivity index (χ0v) is 20.4. The molecule has 35 heavy (non-hydrogen) atoms. The first kappa shape index (κ1) is 22.7. The van der Waals surface area contributed by atoms with E-state index < -0.39 is 5.60 Å². The Kier molecular flexibility index (Phi) is 5.17. The lowest BCUT2D eigenvalue weighted by molar-refractivity contribution is 0.0786. The molecule has 5 rings (SSSR count). The van der Waals surface area contributed by atoms with Crippen molar-refractivity contribution < 1.29 is 5.11 Å². The summed E-state index contributed by atoms with van der Waals surface area (Å²) in [4.78, 5) is 17.5. The zero-order chi connectivity index (χ0) is 25.0. The quantitative estimate of drug-likeness (QED) is 0.403. The summed E-state index contributed by atoms with van der Waals surface area (Å²) in [6.45, 7) is 9.99. The molecule has 0 atom stereocenters. The van der Waals surface area contributed by atoms with Gasteiger partial charge in [-0.25, -0.2) is 24.6 Å².